The SMILES string of the molecule is CCCCCCCCCCCC(Br)c1ccc(C)cc1C. The van der Waals surface area contributed by atoms with Gasteiger partial charge in [0, 0.05) is 4.83 Å². The van der Waals surface area contributed by atoms with Crippen LogP contribution in [0.5, 0.6) is 0 Å². The Labute approximate surface area is 140 Å². The zero-order valence-electron chi connectivity index (χ0n) is 14.3. The van der Waals surface area contributed by atoms with Gasteiger partial charge in [0.25, 0.3) is 0 Å². The highest BCUT2D eigenvalue weighted by molar-refractivity contribution is 9.09. The molecule has 1 heteroatoms. The van der Waals surface area contributed by atoms with E-state index in [1.165, 1.54) is 80.9 Å². The fourth-order valence-corrected chi connectivity index (χ4v) is 3.80. The van der Waals surface area contributed by atoms with Gasteiger partial charge in [-0.3, -0.25) is 0 Å². The lowest BCUT2D eigenvalue weighted by atomic mass is 9.99. The number of hydrogen-bond acceptors (Lipinski definition) is 0. The van der Waals surface area contributed by atoms with E-state index in [-0.39, 0.29) is 0 Å². The molecule has 0 aliphatic carbocycles. The third-order valence-corrected chi connectivity index (χ3v) is 5.27. The summed E-state index contributed by atoms with van der Waals surface area (Å²) in [7, 11) is 0. The molecule has 0 saturated heterocycles. The maximum absolute atomic E-state index is 3.87. The number of hydrogen-bond donors (Lipinski definition) is 0. The summed E-state index contributed by atoms with van der Waals surface area (Å²) in [5, 5.41) is 0. The predicted octanol–water partition coefficient (Wildman–Crippen LogP) is 7.66. The second-order valence-electron chi connectivity index (χ2n) is 6.44. The molecule has 0 nitrogen and oxygen atoms in total. The molecule has 120 valence electrons. The maximum Gasteiger partial charge on any atom is 0.0397 e. The van der Waals surface area contributed by atoms with Gasteiger partial charge in [0.1, 0.15) is 0 Å². The van der Waals surface area contributed by atoms with Crippen LogP contribution < -0.4 is 0 Å². The molecule has 1 rings (SSSR count). The highest BCUT2D eigenvalue weighted by Crippen LogP contribution is 2.31. The first-order chi connectivity index (χ1) is 10.1. The van der Waals surface area contributed by atoms with Crippen molar-refractivity contribution < 1.29 is 0 Å². The summed E-state index contributed by atoms with van der Waals surface area (Å²) in [4.78, 5) is 0.530. The van der Waals surface area contributed by atoms with Gasteiger partial charge in [-0.25, -0.2) is 0 Å². The summed E-state index contributed by atoms with van der Waals surface area (Å²) in [5.41, 5.74) is 4.26. The third kappa shape index (κ3) is 8.04. The van der Waals surface area contributed by atoms with Crippen LogP contribution in [0.2, 0.25) is 0 Å². The second-order valence-corrected chi connectivity index (χ2v) is 7.55. The van der Waals surface area contributed by atoms with Gasteiger partial charge in [0.05, 0.1) is 0 Å². The number of benzene rings is 1. The molecule has 0 fully saturated rings. The first-order valence-electron chi connectivity index (χ1n) is 8.86. The molecular formula is C20H33Br. The summed E-state index contributed by atoms with van der Waals surface area (Å²) in [6.07, 6.45) is 13.9. The van der Waals surface area contributed by atoms with Crippen LogP contribution >= 0.6 is 15.9 Å². The summed E-state index contributed by atoms with van der Waals surface area (Å²) >= 11 is 3.87. The zero-order chi connectivity index (χ0) is 15.5. The number of halogens is 1. The van der Waals surface area contributed by atoms with Crippen molar-refractivity contribution in [2.75, 3.05) is 0 Å². The highest BCUT2D eigenvalue weighted by Gasteiger charge is 2.09. The van der Waals surface area contributed by atoms with E-state index in [9.17, 15) is 0 Å². The lowest BCUT2D eigenvalue weighted by Gasteiger charge is -2.13. The average molecular weight is 353 g/mol. The summed E-state index contributed by atoms with van der Waals surface area (Å²) in [6.45, 7) is 6.68. The molecule has 0 aliphatic rings. The third-order valence-electron chi connectivity index (χ3n) is 4.32. The van der Waals surface area contributed by atoms with Gasteiger partial charge in [-0.1, -0.05) is 104 Å². The van der Waals surface area contributed by atoms with Crippen LogP contribution in [0.25, 0.3) is 0 Å². The van der Waals surface area contributed by atoms with Gasteiger partial charge in [-0.05, 0) is 31.4 Å². The molecule has 1 unspecified atom stereocenters. The highest BCUT2D eigenvalue weighted by atomic mass is 79.9. The van der Waals surface area contributed by atoms with E-state index in [0.29, 0.717) is 4.83 Å². The molecular weight excluding hydrogens is 320 g/mol. The molecule has 1 aromatic rings. The monoisotopic (exact) mass is 352 g/mol. The minimum absolute atomic E-state index is 0.530. The Morgan fingerprint density at radius 3 is 2.00 bits per heavy atom. The van der Waals surface area contributed by atoms with Crippen molar-refractivity contribution in [1.82, 2.24) is 0 Å². The molecule has 0 aliphatic heterocycles. The molecule has 0 aromatic heterocycles. The minimum atomic E-state index is 0.530. The quantitative estimate of drug-likeness (QED) is 0.283. The molecule has 0 N–H and O–H groups in total. The summed E-state index contributed by atoms with van der Waals surface area (Å²) in [5.74, 6) is 0. The van der Waals surface area contributed by atoms with E-state index < -0.39 is 0 Å². The lowest BCUT2D eigenvalue weighted by molar-refractivity contribution is 0.555. The van der Waals surface area contributed by atoms with Crippen LogP contribution in [0, 0.1) is 13.8 Å². The van der Waals surface area contributed by atoms with Crippen molar-refractivity contribution in [1.29, 1.82) is 0 Å². The van der Waals surface area contributed by atoms with Gasteiger partial charge >= 0.3 is 0 Å². The topological polar surface area (TPSA) is 0 Å². The normalized spacial score (nSPS) is 12.6. The van der Waals surface area contributed by atoms with Crippen LogP contribution in [0.4, 0.5) is 0 Å². The van der Waals surface area contributed by atoms with E-state index >= 15 is 0 Å². The molecule has 0 radical (unpaired) electrons. The Morgan fingerprint density at radius 2 is 1.43 bits per heavy atom. The van der Waals surface area contributed by atoms with Crippen LogP contribution in [-0.4, -0.2) is 0 Å². The van der Waals surface area contributed by atoms with Crippen molar-refractivity contribution in [2.45, 2.75) is 89.8 Å². The largest absolute Gasteiger partial charge is 0.0839 e. The van der Waals surface area contributed by atoms with Crippen LogP contribution in [0.1, 0.15) is 92.6 Å². The predicted molar refractivity (Wildman–Crippen MR) is 99.4 cm³/mol. The standard InChI is InChI=1S/C20H33Br/c1-4-5-6-7-8-9-10-11-12-13-20(21)19-15-14-17(2)16-18(19)3/h14-16,20H,4-13H2,1-3H3. The molecule has 0 amide bonds. The van der Waals surface area contributed by atoms with Crippen LogP contribution in [0.3, 0.4) is 0 Å². The van der Waals surface area contributed by atoms with Crippen molar-refractivity contribution in [3.63, 3.8) is 0 Å². The maximum atomic E-state index is 3.87. The molecule has 0 heterocycles. The first-order valence-corrected chi connectivity index (χ1v) is 9.78. The Bertz CT molecular complexity index is 383. The molecule has 0 spiro atoms. The number of rotatable bonds is 11. The van der Waals surface area contributed by atoms with E-state index in [1.54, 1.807) is 0 Å². The fraction of sp³-hybridized carbons (Fsp3) is 0.700. The second kappa shape index (κ2) is 11.3. The smallest absolute Gasteiger partial charge is 0.0397 e. The lowest BCUT2D eigenvalue weighted by Crippen LogP contribution is -1.94. The Morgan fingerprint density at radius 1 is 0.857 bits per heavy atom. The fourth-order valence-electron chi connectivity index (χ4n) is 2.97. The van der Waals surface area contributed by atoms with E-state index in [0.717, 1.165) is 0 Å². The Balaban J connectivity index is 2.09. The number of aryl methyl sites for hydroxylation is 2. The Kier molecular flexibility index (Phi) is 10.1. The van der Waals surface area contributed by atoms with Gasteiger partial charge in [-0.15, -0.1) is 0 Å². The molecule has 21 heavy (non-hydrogen) atoms. The minimum Gasteiger partial charge on any atom is -0.0839 e. The van der Waals surface area contributed by atoms with Gasteiger partial charge in [0.2, 0.25) is 0 Å². The zero-order valence-corrected chi connectivity index (χ0v) is 15.8. The van der Waals surface area contributed by atoms with Gasteiger partial charge < -0.3 is 0 Å². The van der Waals surface area contributed by atoms with Crippen molar-refractivity contribution >= 4 is 15.9 Å². The Hall–Kier alpha value is -0.300. The molecule has 0 bridgehead atoms. The average Bonchev–Trinajstić information content (AvgIpc) is 2.45. The van der Waals surface area contributed by atoms with E-state index in [4.69, 9.17) is 0 Å². The summed E-state index contributed by atoms with van der Waals surface area (Å²) < 4.78 is 0. The summed E-state index contributed by atoms with van der Waals surface area (Å²) in [6, 6.07) is 6.81. The first kappa shape index (κ1) is 18.7. The van der Waals surface area contributed by atoms with Crippen molar-refractivity contribution in [3.8, 4) is 0 Å². The van der Waals surface area contributed by atoms with Gasteiger partial charge in [-0.2, -0.15) is 0 Å². The van der Waals surface area contributed by atoms with Crippen molar-refractivity contribution in [3.05, 3.63) is 34.9 Å². The van der Waals surface area contributed by atoms with Gasteiger partial charge in [0.15, 0.2) is 0 Å². The van der Waals surface area contributed by atoms with Crippen LogP contribution in [-0.2, 0) is 0 Å². The van der Waals surface area contributed by atoms with E-state index in [1.807, 2.05) is 0 Å². The van der Waals surface area contributed by atoms with E-state index in [2.05, 4.69) is 54.9 Å². The molecule has 0 saturated carbocycles. The molecule has 1 atom stereocenters. The van der Waals surface area contributed by atoms with Crippen LogP contribution in [0.15, 0.2) is 18.2 Å². The number of alkyl halides is 1. The molecule has 1 aromatic carbocycles. The number of unbranched alkanes of at least 4 members (excludes halogenated alkanes) is 8. The van der Waals surface area contributed by atoms with Crippen molar-refractivity contribution in [2.24, 2.45) is 0 Å².